The van der Waals surface area contributed by atoms with Crippen LogP contribution < -0.4 is 21.5 Å². The number of hydrogen-bond donors (Lipinski definition) is 3. The molecule has 1 aromatic rings. The van der Waals surface area contributed by atoms with Crippen LogP contribution in [0.3, 0.4) is 0 Å². The van der Waals surface area contributed by atoms with E-state index >= 15 is 0 Å². The molecule has 2 amide bonds. The molecule has 0 heterocycles. The summed E-state index contributed by atoms with van der Waals surface area (Å²) < 4.78 is 5.18. The van der Waals surface area contributed by atoms with Crippen molar-refractivity contribution in [3.63, 3.8) is 0 Å². The third-order valence-corrected chi connectivity index (χ3v) is 3.25. The van der Waals surface area contributed by atoms with Gasteiger partial charge in [0.05, 0.1) is 5.69 Å². The van der Waals surface area contributed by atoms with Gasteiger partial charge < -0.3 is 26.4 Å². The van der Waals surface area contributed by atoms with Gasteiger partial charge in [-0.3, -0.25) is 9.59 Å². The van der Waals surface area contributed by atoms with Gasteiger partial charge in [-0.2, -0.15) is 0 Å². The van der Waals surface area contributed by atoms with Crippen LogP contribution in [0.1, 0.15) is 24.2 Å². The van der Waals surface area contributed by atoms with Crippen LogP contribution in [0.4, 0.5) is 5.69 Å². The molecule has 0 saturated carbocycles. The Balaban J connectivity index is 2.61. The Bertz CT molecular complexity index is 516. The third kappa shape index (κ3) is 5.61. The lowest BCUT2D eigenvalue weighted by atomic mass is 10.2. The van der Waals surface area contributed by atoms with Crippen LogP contribution in [0.5, 0.6) is 5.75 Å². The normalized spacial score (nSPS) is 10.5. The zero-order valence-electron chi connectivity index (χ0n) is 13.1. The maximum absolute atomic E-state index is 12.1. The Morgan fingerprint density at radius 2 is 1.95 bits per heavy atom. The first-order chi connectivity index (χ1) is 10.5. The van der Waals surface area contributed by atoms with Gasteiger partial charge in [-0.05, 0) is 31.3 Å². The maximum Gasteiger partial charge on any atom is 0.255 e. The molecule has 7 nitrogen and oxygen atoms in total. The second-order valence-electron chi connectivity index (χ2n) is 4.79. The molecule has 0 saturated heterocycles. The molecule has 7 heteroatoms. The summed E-state index contributed by atoms with van der Waals surface area (Å²) in [6, 6.07) is 4.68. The summed E-state index contributed by atoms with van der Waals surface area (Å²) in [5.41, 5.74) is 11.5. The summed E-state index contributed by atoms with van der Waals surface area (Å²) in [5.74, 6) is -0.542. The monoisotopic (exact) mass is 308 g/mol. The number of likely N-dealkylation sites (N-methyl/N-ethyl adjacent to an activating group) is 1. The van der Waals surface area contributed by atoms with Gasteiger partial charge in [0.25, 0.3) is 11.8 Å². The van der Waals surface area contributed by atoms with E-state index in [-0.39, 0.29) is 18.3 Å². The van der Waals surface area contributed by atoms with E-state index in [1.54, 1.807) is 12.1 Å². The molecular formula is C15H24N4O3. The molecule has 0 radical (unpaired) electrons. The van der Waals surface area contributed by atoms with E-state index in [2.05, 4.69) is 24.1 Å². The molecule has 0 aliphatic rings. The zero-order valence-corrected chi connectivity index (χ0v) is 13.1. The van der Waals surface area contributed by atoms with Gasteiger partial charge in [0.1, 0.15) is 5.75 Å². The summed E-state index contributed by atoms with van der Waals surface area (Å²) in [6.07, 6.45) is 0. The average Bonchev–Trinajstić information content (AvgIpc) is 2.50. The number of nitrogens with two attached hydrogens (primary N) is 2. The Hall–Kier alpha value is -2.28. The number of benzene rings is 1. The van der Waals surface area contributed by atoms with Crippen molar-refractivity contribution in [1.29, 1.82) is 0 Å². The van der Waals surface area contributed by atoms with Gasteiger partial charge in [-0.25, -0.2) is 0 Å². The molecule has 0 bridgehead atoms. The van der Waals surface area contributed by atoms with E-state index in [1.807, 2.05) is 0 Å². The maximum atomic E-state index is 12.1. The predicted molar refractivity (Wildman–Crippen MR) is 85.7 cm³/mol. The Morgan fingerprint density at radius 1 is 1.27 bits per heavy atom. The fraction of sp³-hybridized carbons (Fsp3) is 0.467. The number of carbonyl (C=O) groups is 2. The second kappa shape index (κ2) is 8.89. The average molecular weight is 308 g/mol. The van der Waals surface area contributed by atoms with Crippen molar-refractivity contribution in [1.82, 2.24) is 10.2 Å². The van der Waals surface area contributed by atoms with Gasteiger partial charge in [0.15, 0.2) is 6.61 Å². The molecule has 122 valence electrons. The molecule has 0 atom stereocenters. The fourth-order valence-corrected chi connectivity index (χ4v) is 1.92. The zero-order chi connectivity index (χ0) is 16.5. The van der Waals surface area contributed by atoms with Crippen molar-refractivity contribution < 1.29 is 14.3 Å². The number of rotatable bonds is 9. The second-order valence-corrected chi connectivity index (χ2v) is 4.79. The summed E-state index contributed by atoms with van der Waals surface area (Å²) >= 11 is 0. The van der Waals surface area contributed by atoms with Crippen molar-refractivity contribution in [3.8, 4) is 5.75 Å². The Morgan fingerprint density at radius 3 is 2.55 bits per heavy atom. The minimum absolute atomic E-state index is 0.212. The lowest BCUT2D eigenvalue weighted by molar-refractivity contribution is -0.119. The van der Waals surface area contributed by atoms with E-state index < -0.39 is 5.91 Å². The number of ether oxygens (including phenoxy) is 1. The lowest BCUT2D eigenvalue weighted by Gasteiger charge is -2.18. The largest absolute Gasteiger partial charge is 0.482 e. The van der Waals surface area contributed by atoms with Crippen LogP contribution in [0.15, 0.2) is 18.2 Å². The third-order valence-electron chi connectivity index (χ3n) is 3.25. The molecule has 0 aromatic heterocycles. The summed E-state index contributed by atoms with van der Waals surface area (Å²) in [5, 5.41) is 2.84. The minimum Gasteiger partial charge on any atom is -0.482 e. The minimum atomic E-state index is -0.603. The molecule has 0 spiro atoms. The van der Waals surface area contributed by atoms with Crippen molar-refractivity contribution in [2.24, 2.45) is 5.73 Å². The van der Waals surface area contributed by atoms with Gasteiger partial charge in [0, 0.05) is 18.7 Å². The Kier molecular flexibility index (Phi) is 7.18. The molecule has 0 fully saturated rings. The van der Waals surface area contributed by atoms with E-state index in [4.69, 9.17) is 16.2 Å². The number of nitrogens with zero attached hydrogens (tertiary/aromatic N) is 1. The number of amides is 2. The highest BCUT2D eigenvalue weighted by molar-refractivity contribution is 5.95. The van der Waals surface area contributed by atoms with Crippen LogP contribution in [0, 0.1) is 0 Å². The quantitative estimate of drug-likeness (QED) is 0.565. The lowest BCUT2D eigenvalue weighted by Crippen LogP contribution is -2.34. The van der Waals surface area contributed by atoms with Crippen molar-refractivity contribution in [2.75, 3.05) is 38.5 Å². The number of nitrogens with one attached hydrogen (secondary N) is 1. The smallest absolute Gasteiger partial charge is 0.255 e. The van der Waals surface area contributed by atoms with E-state index in [0.717, 1.165) is 19.6 Å². The van der Waals surface area contributed by atoms with Crippen molar-refractivity contribution in [2.45, 2.75) is 13.8 Å². The van der Waals surface area contributed by atoms with E-state index in [1.165, 1.54) is 6.07 Å². The van der Waals surface area contributed by atoms with Crippen molar-refractivity contribution in [3.05, 3.63) is 23.8 Å². The number of hydrogen-bond acceptors (Lipinski definition) is 5. The standard InChI is InChI=1S/C15H24N4O3/c1-3-19(4-2)8-7-18-15(21)11-5-6-12(16)13(9-11)22-10-14(17)20/h5-6,9H,3-4,7-8,10,16H2,1-2H3,(H2,17,20)(H,18,21). The molecule has 0 unspecified atom stereocenters. The number of carbonyl (C=O) groups excluding carboxylic acids is 2. The predicted octanol–water partition coefficient (Wildman–Crippen LogP) is 0.205. The van der Waals surface area contributed by atoms with Crippen molar-refractivity contribution >= 4 is 17.5 Å². The first-order valence-electron chi connectivity index (χ1n) is 7.29. The molecule has 1 rings (SSSR count). The van der Waals surface area contributed by atoms with Gasteiger partial charge in [-0.15, -0.1) is 0 Å². The van der Waals surface area contributed by atoms with Gasteiger partial charge >= 0.3 is 0 Å². The summed E-state index contributed by atoms with van der Waals surface area (Å²) in [7, 11) is 0. The molecule has 22 heavy (non-hydrogen) atoms. The molecule has 0 aliphatic heterocycles. The topological polar surface area (TPSA) is 111 Å². The highest BCUT2D eigenvalue weighted by Gasteiger charge is 2.10. The van der Waals surface area contributed by atoms with Crippen LogP contribution in [0.25, 0.3) is 0 Å². The number of primary amides is 1. The summed E-state index contributed by atoms with van der Waals surface area (Å²) in [4.78, 5) is 25.0. The van der Waals surface area contributed by atoms with E-state index in [9.17, 15) is 9.59 Å². The van der Waals surface area contributed by atoms with Gasteiger partial charge in [-0.1, -0.05) is 13.8 Å². The SMILES string of the molecule is CCN(CC)CCNC(=O)c1ccc(N)c(OCC(N)=O)c1. The highest BCUT2D eigenvalue weighted by atomic mass is 16.5. The molecule has 5 N–H and O–H groups in total. The highest BCUT2D eigenvalue weighted by Crippen LogP contribution is 2.22. The number of nitrogen functional groups attached to an aromatic ring is 1. The van der Waals surface area contributed by atoms with E-state index in [0.29, 0.717) is 17.8 Å². The number of anilines is 1. The molecule has 0 aliphatic carbocycles. The van der Waals surface area contributed by atoms with Crippen LogP contribution in [0.2, 0.25) is 0 Å². The van der Waals surface area contributed by atoms with Gasteiger partial charge in [0.2, 0.25) is 0 Å². The fourth-order valence-electron chi connectivity index (χ4n) is 1.92. The molecular weight excluding hydrogens is 284 g/mol. The molecule has 1 aromatic carbocycles. The van der Waals surface area contributed by atoms with Crippen LogP contribution in [-0.4, -0.2) is 49.5 Å². The Labute approximate surface area is 130 Å². The van der Waals surface area contributed by atoms with Crippen LogP contribution in [-0.2, 0) is 4.79 Å². The van der Waals surface area contributed by atoms with Crippen LogP contribution >= 0.6 is 0 Å². The summed E-state index contributed by atoms with van der Waals surface area (Å²) in [6.45, 7) is 7.11. The first kappa shape index (κ1) is 17.8. The first-order valence-corrected chi connectivity index (χ1v) is 7.29.